The van der Waals surface area contributed by atoms with Gasteiger partial charge in [0.05, 0.1) is 10.9 Å². The maximum atomic E-state index is 13.6. The van der Waals surface area contributed by atoms with Gasteiger partial charge in [-0.05, 0) is 55.0 Å². The summed E-state index contributed by atoms with van der Waals surface area (Å²) in [6.45, 7) is 3.31. The van der Waals surface area contributed by atoms with E-state index >= 15 is 0 Å². The van der Waals surface area contributed by atoms with Gasteiger partial charge in [-0.3, -0.25) is 19.1 Å². The Morgan fingerprint density at radius 2 is 1.97 bits per heavy atom. The number of rotatable bonds is 5. The number of nitrogens with zero attached hydrogens (tertiary/aromatic N) is 3. The van der Waals surface area contributed by atoms with Gasteiger partial charge >= 0.3 is 5.69 Å². The molecule has 1 amide bonds. The fourth-order valence-electron chi connectivity index (χ4n) is 4.44. The lowest BCUT2D eigenvalue weighted by Gasteiger charge is -2.27. The summed E-state index contributed by atoms with van der Waals surface area (Å²) in [6.07, 6.45) is 5.38. The molecule has 5 rings (SSSR count). The van der Waals surface area contributed by atoms with E-state index in [0.717, 1.165) is 29.7 Å². The van der Waals surface area contributed by atoms with Crippen LogP contribution in [0.1, 0.15) is 60.1 Å². The molecule has 8 nitrogen and oxygen atoms in total. The number of H-pyrrole nitrogens is 1. The number of nitrogens with one attached hydrogen (secondary N) is 1. The molecule has 3 aromatic rings. The quantitative estimate of drug-likeness (QED) is 0.626. The Labute approximate surface area is 190 Å². The predicted molar refractivity (Wildman–Crippen MR) is 125 cm³/mol. The summed E-state index contributed by atoms with van der Waals surface area (Å²) in [7, 11) is 0. The van der Waals surface area contributed by atoms with E-state index in [1.54, 1.807) is 23.1 Å². The van der Waals surface area contributed by atoms with Gasteiger partial charge in [-0.2, -0.15) is 0 Å². The van der Waals surface area contributed by atoms with Crippen molar-refractivity contribution in [1.82, 2.24) is 19.4 Å². The number of aryl methyl sites for hydroxylation is 1. The molecule has 0 atom stereocenters. The third-order valence-electron chi connectivity index (χ3n) is 6.38. The van der Waals surface area contributed by atoms with Crippen molar-refractivity contribution in [1.29, 1.82) is 0 Å². The molecule has 0 unspecified atom stereocenters. The summed E-state index contributed by atoms with van der Waals surface area (Å²) in [6, 6.07) is 8.78. The van der Waals surface area contributed by atoms with Crippen LogP contribution in [-0.4, -0.2) is 43.5 Å². The molecule has 170 valence electrons. The van der Waals surface area contributed by atoms with Gasteiger partial charge < -0.3 is 10.0 Å². The molecule has 1 fully saturated rings. The van der Waals surface area contributed by atoms with Crippen molar-refractivity contribution in [3.05, 3.63) is 74.1 Å². The van der Waals surface area contributed by atoms with Crippen LogP contribution in [0.3, 0.4) is 0 Å². The molecule has 3 heterocycles. The number of fused-ring (bicyclic) bond motifs is 1. The monoisotopic (exact) mass is 446 g/mol. The number of carbonyl (C=O) groups excluding carboxylic acids is 1. The average molecular weight is 447 g/mol. The summed E-state index contributed by atoms with van der Waals surface area (Å²) >= 11 is 0. The first-order valence-corrected chi connectivity index (χ1v) is 11.4. The second kappa shape index (κ2) is 8.35. The van der Waals surface area contributed by atoms with E-state index < -0.39 is 11.2 Å². The van der Waals surface area contributed by atoms with Crippen LogP contribution in [0.25, 0.3) is 16.6 Å². The van der Waals surface area contributed by atoms with E-state index in [0.29, 0.717) is 43.7 Å². The molecule has 1 aliphatic carbocycles. The fourth-order valence-corrected chi connectivity index (χ4v) is 4.44. The van der Waals surface area contributed by atoms with Crippen molar-refractivity contribution >= 4 is 22.5 Å². The number of hydrogen-bond donors (Lipinski definition) is 2. The van der Waals surface area contributed by atoms with Crippen molar-refractivity contribution in [2.24, 2.45) is 0 Å². The van der Waals surface area contributed by atoms with Gasteiger partial charge in [0.1, 0.15) is 5.75 Å². The smallest absolute Gasteiger partial charge is 0.329 e. The Hall–Kier alpha value is -3.68. The van der Waals surface area contributed by atoms with Crippen LogP contribution >= 0.6 is 0 Å². The number of benzene rings is 1. The summed E-state index contributed by atoms with van der Waals surface area (Å²) in [4.78, 5) is 47.6. The zero-order chi connectivity index (χ0) is 23.1. The van der Waals surface area contributed by atoms with Crippen molar-refractivity contribution in [2.45, 2.75) is 45.1 Å². The molecule has 0 bridgehead atoms. The maximum Gasteiger partial charge on any atom is 0.329 e. The highest BCUT2D eigenvalue weighted by Crippen LogP contribution is 2.40. The Balaban J connectivity index is 1.55. The van der Waals surface area contributed by atoms with Crippen molar-refractivity contribution in [3.8, 4) is 5.75 Å². The van der Waals surface area contributed by atoms with Gasteiger partial charge in [-0.15, -0.1) is 0 Å². The minimum absolute atomic E-state index is 0.186. The van der Waals surface area contributed by atoms with Crippen LogP contribution in [-0.2, 0) is 6.54 Å². The first-order chi connectivity index (χ1) is 16.0. The summed E-state index contributed by atoms with van der Waals surface area (Å²) < 4.78 is 1.47. The van der Waals surface area contributed by atoms with E-state index in [1.807, 2.05) is 25.1 Å². The Morgan fingerprint density at radius 1 is 1.21 bits per heavy atom. The molecule has 8 heteroatoms. The summed E-state index contributed by atoms with van der Waals surface area (Å²) in [5.74, 6) is 0.264. The van der Waals surface area contributed by atoms with Gasteiger partial charge in [-0.25, -0.2) is 9.78 Å². The van der Waals surface area contributed by atoms with Gasteiger partial charge in [-0.1, -0.05) is 25.1 Å². The maximum absolute atomic E-state index is 13.6. The lowest BCUT2D eigenvalue weighted by molar-refractivity contribution is 0.0774. The Kier molecular flexibility index (Phi) is 5.36. The van der Waals surface area contributed by atoms with Crippen LogP contribution in [0.15, 0.2) is 46.0 Å². The molecule has 0 saturated heterocycles. The zero-order valence-corrected chi connectivity index (χ0v) is 18.5. The number of carbonyl (C=O) groups is 1. The van der Waals surface area contributed by atoms with E-state index in [4.69, 9.17) is 0 Å². The SMILES string of the molecule is CCCn1c(=O)[nH]c(=O)c2c(C(=O)N3CC=C(c4ccc(O)cc4)CC3)cc(C3CC3)nc21. The Morgan fingerprint density at radius 3 is 2.61 bits per heavy atom. The van der Waals surface area contributed by atoms with Crippen LogP contribution in [0.5, 0.6) is 5.75 Å². The lowest BCUT2D eigenvalue weighted by Crippen LogP contribution is -2.37. The van der Waals surface area contributed by atoms with Gasteiger partial charge in [0, 0.05) is 31.2 Å². The second-order valence-corrected chi connectivity index (χ2v) is 8.76. The van der Waals surface area contributed by atoms with Crippen LogP contribution in [0.2, 0.25) is 0 Å². The first kappa shape index (κ1) is 21.2. The normalized spacial score (nSPS) is 16.2. The van der Waals surface area contributed by atoms with E-state index in [-0.39, 0.29) is 23.0 Å². The van der Waals surface area contributed by atoms with Crippen molar-refractivity contribution in [2.75, 3.05) is 13.1 Å². The molecule has 0 radical (unpaired) electrons. The number of aromatic hydroxyl groups is 1. The van der Waals surface area contributed by atoms with Crippen LogP contribution in [0, 0.1) is 0 Å². The highest BCUT2D eigenvalue weighted by molar-refractivity contribution is 6.05. The molecular formula is C25H26N4O4. The number of aromatic nitrogens is 3. The third-order valence-corrected chi connectivity index (χ3v) is 6.38. The number of amides is 1. The van der Waals surface area contributed by atoms with Crippen molar-refractivity contribution < 1.29 is 9.90 Å². The number of hydrogen-bond acceptors (Lipinski definition) is 5. The largest absolute Gasteiger partial charge is 0.508 e. The predicted octanol–water partition coefficient (Wildman–Crippen LogP) is 3.01. The topological polar surface area (TPSA) is 108 Å². The van der Waals surface area contributed by atoms with Crippen LogP contribution < -0.4 is 11.2 Å². The van der Waals surface area contributed by atoms with E-state index in [9.17, 15) is 19.5 Å². The molecule has 1 saturated carbocycles. The second-order valence-electron chi connectivity index (χ2n) is 8.76. The molecule has 0 spiro atoms. The molecule has 2 aromatic heterocycles. The number of pyridine rings is 1. The van der Waals surface area contributed by atoms with Gasteiger partial charge in [0.2, 0.25) is 0 Å². The molecule has 1 aliphatic heterocycles. The van der Waals surface area contributed by atoms with Gasteiger partial charge in [0.25, 0.3) is 11.5 Å². The summed E-state index contributed by atoms with van der Waals surface area (Å²) in [5.41, 5.74) is 2.46. The minimum atomic E-state index is -0.571. The first-order valence-electron chi connectivity index (χ1n) is 11.4. The molecule has 1 aromatic carbocycles. The Bertz CT molecular complexity index is 1380. The van der Waals surface area contributed by atoms with E-state index in [1.165, 1.54) is 4.57 Å². The zero-order valence-electron chi connectivity index (χ0n) is 18.5. The average Bonchev–Trinajstić information content (AvgIpc) is 3.67. The highest BCUT2D eigenvalue weighted by atomic mass is 16.3. The fraction of sp³-hybridized carbons (Fsp3) is 0.360. The van der Waals surface area contributed by atoms with Crippen LogP contribution in [0.4, 0.5) is 0 Å². The molecular weight excluding hydrogens is 420 g/mol. The molecule has 2 N–H and O–H groups in total. The standard InChI is InChI=1S/C25H26N4O4/c1-2-11-29-22-21(23(31)27-25(29)33)19(14-20(26-22)17-3-4-17)24(32)28-12-9-16(10-13-28)15-5-7-18(30)8-6-15/h5-9,14,17,30H,2-4,10-13H2,1H3,(H,27,31,33). The minimum Gasteiger partial charge on any atom is -0.508 e. The third kappa shape index (κ3) is 3.97. The number of aromatic amines is 1. The number of phenolic OH excluding ortho intramolecular Hbond substituents is 1. The van der Waals surface area contributed by atoms with Crippen molar-refractivity contribution in [3.63, 3.8) is 0 Å². The summed E-state index contributed by atoms with van der Waals surface area (Å²) in [5, 5.41) is 9.70. The highest BCUT2D eigenvalue weighted by Gasteiger charge is 2.30. The molecule has 2 aliphatic rings. The molecule has 33 heavy (non-hydrogen) atoms. The van der Waals surface area contributed by atoms with E-state index in [2.05, 4.69) is 9.97 Å². The lowest BCUT2D eigenvalue weighted by atomic mass is 9.98. The number of phenols is 1. The van der Waals surface area contributed by atoms with Gasteiger partial charge in [0.15, 0.2) is 5.65 Å².